The summed E-state index contributed by atoms with van der Waals surface area (Å²) in [7, 11) is 0. The quantitative estimate of drug-likeness (QED) is 0.551. The predicted octanol–water partition coefficient (Wildman–Crippen LogP) is 6.30. The number of ether oxygens (including phenoxy) is 1. The predicted molar refractivity (Wildman–Crippen MR) is 90.8 cm³/mol. The van der Waals surface area contributed by atoms with Crippen LogP contribution in [-0.2, 0) is 4.74 Å². The highest BCUT2D eigenvalue weighted by Crippen LogP contribution is 2.39. The summed E-state index contributed by atoms with van der Waals surface area (Å²) in [5.41, 5.74) is 5.42. The molecule has 0 fully saturated rings. The van der Waals surface area contributed by atoms with E-state index in [1.807, 2.05) is 0 Å². The summed E-state index contributed by atoms with van der Waals surface area (Å²) < 4.78 is 6.39. The fourth-order valence-electron chi connectivity index (χ4n) is 3.31. The van der Waals surface area contributed by atoms with Gasteiger partial charge in [-0.2, -0.15) is 0 Å². The van der Waals surface area contributed by atoms with E-state index in [1.54, 1.807) is 0 Å². The van der Waals surface area contributed by atoms with Gasteiger partial charge in [0.15, 0.2) is 0 Å². The molecule has 2 rings (SSSR count). The molecular formula is C20H30O. The van der Waals surface area contributed by atoms with Gasteiger partial charge in [0.2, 0.25) is 0 Å². The Hall–Kier alpha value is -1.24. The van der Waals surface area contributed by atoms with Gasteiger partial charge in [-0.05, 0) is 76.4 Å². The first kappa shape index (κ1) is 16.1. The van der Waals surface area contributed by atoms with Gasteiger partial charge in [0, 0.05) is 12.8 Å². The van der Waals surface area contributed by atoms with Crippen LogP contribution in [0.25, 0.3) is 0 Å². The van der Waals surface area contributed by atoms with Crippen LogP contribution in [0.15, 0.2) is 47.0 Å². The minimum Gasteiger partial charge on any atom is -0.466 e. The lowest BCUT2D eigenvalue weighted by Gasteiger charge is -2.31. The Morgan fingerprint density at radius 2 is 1.24 bits per heavy atom. The van der Waals surface area contributed by atoms with Crippen molar-refractivity contribution in [1.29, 1.82) is 0 Å². The van der Waals surface area contributed by atoms with Crippen LogP contribution in [0.4, 0.5) is 0 Å². The molecule has 116 valence electrons. The smallest absolute Gasteiger partial charge is 0.103 e. The molecule has 2 aliphatic rings. The second-order valence-corrected chi connectivity index (χ2v) is 7.08. The van der Waals surface area contributed by atoms with E-state index < -0.39 is 0 Å². The first-order valence-corrected chi connectivity index (χ1v) is 8.24. The maximum absolute atomic E-state index is 6.39. The highest BCUT2D eigenvalue weighted by molar-refractivity contribution is 5.21. The molecular weight excluding hydrogens is 256 g/mol. The summed E-state index contributed by atoms with van der Waals surface area (Å²) in [5, 5.41) is 0. The zero-order valence-corrected chi connectivity index (χ0v) is 14.2. The summed E-state index contributed by atoms with van der Waals surface area (Å²) in [6, 6.07) is 0. The fourth-order valence-corrected chi connectivity index (χ4v) is 3.31. The minimum absolute atomic E-state index is 0.588. The minimum atomic E-state index is 0.588. The van der Waals surface area contributed by atoms with Crippen LogP contribution >= 0.6 is 0 Å². The average Bonchev–Trinajstić information content (AvgIpc) is 2.43. The molecule has 2 atom stereocenters. The molecule has 1 heteroatoms. The molecule has 0 aromatic rings. The van der Waals surface area contributed by atoms with Gasteiger partial charge in [-0.25, -0.2) is 0 Å². The van der Waals surface area contributed by atoms with Gasteiger partial charge in [0.1, 0.15) is 11.5 Å². The Kier molecular flexibility index (Phi) is 5.13. The molecule has 0 N–H and O–H groups in total. The lowest BCUT2D eigenvalue weighted by atomic mass is 9.83. The van der Waals surface area contributed by atoms with Gasteiger partial charge < -0.3 is 4.74 Å². The van der Waals surface area contributed by atoms with Crippen molar-refractivity contribution in [2.45, 2.75) is 66.2 Å². The van der Waals surface area contributed by atoms with Crippen molar-refractivity contribution in [2.24, 2.45) is 11.8 Å². The lowest BCUT2D eigenvalue weighted by Crippen LogP contribution is -2.16. The largest absolute Gasteiger partial charge is 0.466 e. The molecule has 2 aliphatic carbocycles. The van der Waals surface area contributed by atoms with E-state index in [-0.39, 0.29) is 0 Å². The summed E-state index contributed by atoms with van der Waals surface area (Å²) >= 11 is 0. The molecule has 21 heavy (non-hydrogen) atoms. The molecule has 0 saturated carbocycles. The highest BCUT2D eigenvalue weighted by Gasteiger charge is 2.25. The molecule has 0 heterocycles. The first-order chi connectivity index (χ1) is 9.88. The number of hydrogen-bond acceptors (Lipinski definition) is 1. The molecule has 0 radical (unpaired) electrons. The topological polar surface area (TPSA) is 9.23 Å². The molecule has 0 amide bonds. The van der Waals surface area contributed by atoms with E-state index in [1.165, 1.54) is 46.7 Å². The highest BCUT2D eigenvalue weighted by atomic mass is 16.5. The van der Waals surface area contributed by atoms with Crippen LogP contribution in [0.5, 0.6) is 0 Å². The van der Waals surface area contributed by atoms with E-state index in [9.17, 15) is 0 Å². The second kappa shape index (κ2) is 6.68. The monoisotopic (exact) mass is 286 g/mol. The molecule has 1 nitrogen and oxygen atoms in total. The number of hydrogen-bond donors (Lipinski definition) is 0. The Bertz CT molecular complexity index is 458. The van der Waals surface area contributed by atoms with E-state index in [0.29, 0.717) is 11.8 Å². The van der Waals surface area contributed by atoms with Crippen molar-refractivity contribution in [1.82, 2.24) is 0 Å². The molecule has 0 aromatic heterocycles. The summed E-state index contributed by atoms with van der Waals surface area (Å²) in [4.78, 5) is 0. The molecule has 0 aliphatic heterocycles. The van der Waals surface area contributed by atoms with Crippen LogP contribution in [0, 0.1) is 11.8 Å². The summed E-state index contributed by atoms with van der Waals surface area (Å²) in [6.07, 6.45) is 6.78. The third-order valence-electron chi connectivity index (χ3n) is 5.19. The third-order valence-corrected chi connectivity index (χ3v) is 5.19. The van der Waals surface area contributed by atoms with Crippen molar-refractivity contribution in [3.05, 3.63) is 47.0 Å². The van der Waals surface area contributed by atoms with Crippen LogP contribution in [0.2, 0.25) is 0 Å². The van der Waals surface area contributed by atoms with E-state index in [2.05, 4.69) is 40.9 Å². The second-order valence-electron chi connectivity index (χ2n) is 7.08. The molecule has 0 unspecified atom stereocenters. The Balaban J connectivity index is 2.12. The van der Waals surface area contributed by atoms with Gasteiger partial charge >= 0.3 is 0 Å². The average molecular weight is 286 g/mol. The zero-order valence-electron chi connectivity index (χ0n) is 14.2. The normalized spacial score (nSPS) is 26.9. The van der Waals surface area contributed by atoms with Gasteiger partial charge in [0.25, 0.3) is 0 Å². The third kappa shape index (κ3) is 3.90. The molecule has 0 aromatic carbocycles. The lowest BCUT2D eigenvalue weighted by molar-refractivity contribution is 0.224. The SMILES string of the molecule is C=C(C)[C@@H]1CCC(C)=C(OC2=C(C)CC[C@@H](C(=C)C)C2)C1. The van der Waals surface area contributed by atoms with Crippen molar-refractivity contribution in [3.8, 4) is 0 Å². The van der Waals surface area contributed by atoms with Gasteiger partial charge in [-0.3, -0.25) is 0 Å². The first-order valence-electron chi connectivity index (χ1n) is 8.24. The maximum atomic E-state index is 6.39. The molecule has 0 bridgehead atoms. The fraction of sp³-hybridized carbons (Fsp3) is 0.600. The van der Waals surface area contributed by atoms with Crippen LogP contribution in [0.3, 0.4) is 0 Å². The van der Waals surface area contributed by atoms with Gasteiger partial charge in [-0.1, -0.05) is 24.3 Å². The van der Waals surface area contributed by atoms with E-state index >= 15 is 0 Å². The van der Waals surface area contributed by atoms with Crippen LogP contribution in [0.1, 0.15) is 66.2 Å². The zero-order chi connectivity index (χ0) is 15.6. The Labute approximate surface area is 130 Å². The molecule has 0 saturated heterocycles. The standard InChI is InChI=1S/C20H30O/c1-13(2)17-9-7-15(5)19(11-17)21-20-12-18(14(3)4)10-8-16(20)6/h17-18H,1,3,7-12H2,2,4-6H3/t17-,18-/m1/s1. The maximum Gasteiger partial charge on any atom is 0.103 e. The number of rotatable bonds is 4. The van der Waals surface area contributed by atoms with E-state index in [4.69, 9.17) is 4.74 Å². The van der Waals surface area contributed by atoms with Gasteiger partial charge in [-0.15, -0.1) is 0 Å². The van der Waals surface area contributed by atoms with Crippen molar-refractivity contribution in [2.75, 3.05) is 0 Å². The van der Waals surface area contributed by atoms with Crippen molar-refractivity contribution in [3.63, 3.8) is 0 Å². The van der Waals surface area contributed by atoms with Gasteiger partial charge in [0.05, 0.1) is 0 Å². The Morgan fingerprint density at radius 3 is 1.57 bits per heavy atom. The Morgan fingerprint density at radius 1 is 0.857 bits per heavy atom. The molecule has 0 spiro atoms. The number of allylic oxidation sites excluding steroid dienone is 6. The van der Waals surface area contributed by atoms with Crippen molar-refractivity contribution < 1.29 is 4.74 Å². The summed E-state index contributed by atoms with van der Waals surface area (Å²) in [6.45, 7) is 17.0. The van der Waals surface area contributed by atoms with E-state index in [0.717, 1.165) is 25.7 Å². The summed E-state index contributed by atoms with van der Waals surface area (Å²) in [5.74, 6) is 3.58. The van der Waals surface area contributed by atoms with Crippen LogP contribution < -0.4 is 0 Å². The van der Waals surface area contributed by atoms with Crippen LogP contribution in [-0.4, -0.2) is 0 Å². The van der Waals surface area contributed by atoms with Crippen molar-refractivity contribution >= 4 is 0 Å².